The molecule has 15 heavy (non-hydrogen) atoms. The van der Waals surface area contributed by atoms with Gasteiger partial charge in [0.25, 0.3) is 0 Å². The molecule has 0 bridgehead atoms. The van der Waals surface area contributed by atoms with Gasteiger partial charge in [0, 0.05) is 22.7 Å². The zero-order chi connectivity index (χ0) is 10.8. The molecule has 2 aromatic heterocycles. The number of carbonyl (C=O) groups is 2. The summed E-state index contributed by atoms with van der Waals surface area (Å²) in [6, 6.07) is 3.04. The number of thiophene rings is 1. The van der Waals surface area contributed by atoms with E-state index in [1.807, 2.05) is 0 Å². The lowest BCUT2D eigenvalue weighted by Crippen LogP contribution is -1.98. The van der Waals surface area contributed by atoms with Gasteiger partial charge in [-0.3, -0.25) is 4.79 Å². The lowest BCUT2D eigenvalue weighted by Gasteiger charge is -1.91. The Morgan fingerprint density at radius 2 is 2.13 bits per heavy atom. The molecule has 0 aromatic carbocycles. The average molecular weight is 221 g/mol. The molecule has 4 nitrogen and oxygen atoms in total. The second-order valence-corrected chi connectivity index (χ2v) is 3.73. The molecule has 0 spiro atoms. The fourth-order valence-corrected chi connectivity index (χ4v) is 1.85. The standard InChI is InChI=1S/C10H7NO3S/c12-9(6-1-2-15-5-6)7-3-8(10(13)14)11-4-7/h1-5,11H,(H,13,14). The number of carboxylic acid groups (broad SMARTS) is 1. The highest BCUT2D eigenvalue weighted by Crippen LogP contribution is 2.13. The maximum Gasteiger partial charge on any atom is 0.352 e. The van der Waals surface area contributed by atoms with Crippen LogP contribution in [0.25, 0.3) is 0 Å². The van der Waals surface area contributed by atoms with Crippen molar-refractivity contribution in [1.29, 1.82) is 0 Å². The maximum atomic E-state index is 11.7. The minimum Gasteiger partial charge on any atom is -0.477 e. The van der Waals surface area contributed by atoms with Crippen molar-refractivity contribution in [2.75, 3.05) is 0 Å². The lowest BCUT2D eigenvalue weighted by molar-refractivity contribution is 0.0691. The van der Waals surface area contributed by atoms with E-state index < -0.39 is 5.97 Å². The molecule has 0 aliphatic carbocycles. The van der Waals surface area contributed by atoms with E-state index in [0.717, 1.165) is 0 Å². The maximum absolute atomic E-state index is 11.7. The molecule has 2 N–H and O–H groups in total. The van der Waals surface area contributed by atoms with Crippen molar-refractivity contribution in [3.8, 4) is 0 Å². The zero-order valence-electron chi connectivity index (χ0n) is 7.56. The first-order valence-corrected chi connectivity index (χ1v) is 5.11. The second-order valence-electron chi connectivity index (χ2n) is 2.95. The highest BCUT2D eigenvalue weighted by Gasteiger charge is 2.13. The normalized spacial score (nSPS) is 10.1. The van der Waals surface area contributed by atoms with Gasteiger partial charge >= 0.3 is 5.97 Å². The summed E-state index contributed by atoms with van der Waals surface area (Å²) in [5.41, 5.74) is 0.968. The molecule has 0 saturated heterocycles. The first-order chi connectivity index (χ1) is 7.18. The van der Waals surface area contributed by atoms with E-state index >= 15 is 0 Å². The van der Waals surface area contributed by atoms with Gasteiger partial charge in [0.1, 0.15) is 5.69 Å². The molecule has 76 valence electrons. The number of H-pyrrole nitrogens is 1. The molecular weight excluding hydrogens is 214 g/mol. The van der Waals surface area contributed by atoms with E-state index in [1.165, 1.54) is 23.6 Å². The third kappa shape index (κ3) is 1.82. The Morgan fingerprint density at radius 3 is 2.67 bits per heavy atom. The van der Waals surface area contributed by atoms with Crippen molar-refractivity contribution >= 4 is 23.1 Å². The summed E-state index contributed by atoms with van der Waals surface area (Å²) >= 11 is 1.43. The topological polar surface area (TPSA) is 70.2 Å². The van der Waals surface area contributed by atoms with Crippen molar-refractivity contribution in [2.24, 2.45) is 0 Å². The number of aromatic carboxylic acids is 1. The van der Waals surface area contributed by atoms with Crippen LogP contribution in [0.2, 0.25) is 0 Å². The summed E-state index contributed by atoms with van der Waals surface area (Å²) < 4.78 is 0. The smallest absolute Gasteiger partial charge is 0.352 e. The number of hydrogen-bond donors (Lipinski definition) is 2. The van der Waals surface area contributed by atoms with E-state index in [1.54, 1.807) is 16.8 Å². The molecule has 0 saturated carbocycles. The number of rotatable bonds is 3. The van der Waals surface area contributed by atoms with E-state index in [-0.39, 0.29) is 11.5 Å². The van der Waals surface area contributed by atoms with Gasteiger partial charge in [-0.25, -0.2) is 4.79 Å². The summed E-state index contributed by atoms with van der Waals surface area (Å²) in [5, 5.41) is 12.2. The van der Waals surface area contributed by atoms with Crippen LogP contribution in [0.4, 0.5) is 0 Å². The van der Waals surface area contributed by atoms with Gasteiger partial charge in [0.15, 0.2) is 5.78 Å². The molecular formula is C10H7NO3S. The number of carbonyl (C=O) groups excluding carboxylic acids is 1. The first-order valence-electron chi connectivity index (χ1n) is 4.17. The summed E-state index contributed by atoms with van der Waals surface area (Å²) in [5.74, 6) is -1.24. The molecule has 2 heterocycles. The van der Waals surface area contributed by atoms with Gasteiger partial charge in [-0.1, -0.05) is 0 Å². The summed E-state index contributed by atoms with van der Waals surface area (Å²) in [6.45, 7) is 0. The lowest BCUT2D eigenvalue weighted by atomic mass is 10.1. The number of aromatic amines is 1. The Balaban J connectivity index is 2.31. The summed E-state index contributed by atoms with van der Waals surface area (Å²) in [7, 11) is 0. The largest absolute Gasteiger partial charge is 0.477 e. The number of aromatic nitrogens is 1. The minimum absolute atomic E-state index is 0.0218. The van der Waals surface area contributed by atoms with Crippen LogP contribution < -0.4 is 0 Å². The number of nitrogens with one attached hydrogen (secondary N) is 1. The summed E-state index contributed by atoms with van der Waals surface area (Å²) in [6.07, 6.45) is 1.41. The quantitative estimate of drug-likeness (QED) is 0.779. The molecule has 5 heteroatoms. The van der Waals surface area contributed by atoms with Gasteiger partial charge < -0.3 is 10.1 Å². The Kier molecular flexibility index (Phi) is 2.39. The SMILES string of the molecule is O=C(c1ccsc1)c1c[nH]c(C(=O)O)c1. The first kappa shape index (κ1) is 9.67. The highest BCUT2D eigenvalue weighted by atomic mass is 32.1. The van der Waals surface area contributed by atoms with Crippen LogP contribution in [0.5, 0.6) is 0 Å². The molecule has 0 aliphatic rings. The Bertz CT molecular complexity index is 498. The molecule has 0 fully saturated rings. The molecule has 2 aromatic rings. The number of hydrogen-bond acceptors (Lipinski definition) is 3. The van der Waals surface area contributed by atoms with Crippen molar-refractivity contribution in [3.05, 3.63) is 45.9 Å². The van der Waals surface area contributed by atoms with Crippen molar-refractivity contribution < 1.29 is 14.7 Å². The van der Waals surface area contributed by atoms with Crippen LogP contribution >= 0.6 is 11.3 Å². The van der Waals surface area contributed by atoms with Crippen LogP contribution in [-0.2, 0) is 0 Å². The van der Waals surface area contributed by atoms with Crippen LogP contribution in [0.1, 0.15) is 26.4 Å². The van der Waals surface area contributed by atoms with E-state index in [2.05, 4.69) is 4.98 Å². The molecule has 0 aliphatic heterocycles. The van der Waals surface area contributed by atoms with Crippen molar-refractivity contribution in [2.45, 2.75) is 0 Å². The Labute approximate surface area is 89.2 Å². The fourth-order valence-electron chi connectivity index (χ4n) is 1.21. The monoisotopic (exact) mass is 221 g/mol. The predicted molar refractivity (Wildman–Crippen MR) is 55.5 cm³/mol. The molecule has 2 rings (SSSR count). The average Bonchev–Trinajstić information content (AvgIpc) is 2.88. The molecule has 0 radical (unpaired) electrons. The number of ketones is 1. The molecule has 0 atom stereocenters. The van der Waals surface area contributed by atoms with Crippen LogP contribution in [0.3, 0.4) is 0 Å². The highest BCUT2D eigenvalue weighted by molar-refractivity contribution is 7.08. The van der Waals surface area contributed by atoms with Gasteiger partial charge in [0.2, 0.25) is 0 Å². The van der Waals surface area contributed by atoms with Gasteiger partial charge in [-0.15, -0.1) is 0 Å². The minimum atomic E-state index is -1.07. The third-order valence-electron chi connectivity index (χ3n) is 1.96. The fraction of sp³-hybridized carbons (Fsp3) is 0. The summed E-state index contributed by atoms with van der Waals surface area (Å²) in [4.78, 5) is 24.9. The molecule has 0 amide bonds. The predicted octanol–water partition coefficient (Wildman–Crippen LogP) is 2.01. The van der Waals surface area contributed by atoms with Crippen LogP contribution in [0, 0.1) is 0 Å². The van der Waals surface area contributed by atoms with Gasteiger partial charge in [-0.2, -0.15) is 11.3 Å². The van der Waals surface area contributed by atoms with Crippen molar-refractivity contribution in [1.82, 2.24) is 4.98 Å². The number of carboxylic acids is 1. The zero-order valence-corrected chi connectivity index (χ0v) is 8.38. The molecule has 0 unspecified atom stereocenters. The van der Waals surface area contributed by atoms with Crippen LogP contribution in [0.15, 0.2) is 29.1 Å². The van der Waals surface area contributed by atoms with Gasteiger partial charge in [0.05, 0.1) is 0 Å². The van der Waals surface area contributed by atoms with Gasteiger partial charge in [-0.05, 0) is 17.5 Å². The van der Waals surface area contributed by atoms with E-state index in [0.29, 0.717) is 11.1 Å². The van der Waals surface area contributed by atoms with Crippen LogP contribution in [-0.4, -0.2) is 21.8 Å². The van der Waals surface area contributed by atoms with Crippen molar-refractivity contribution in [3.63, 3.8) is 0 Å². The van der Waals surface area contributed by atoms with E-state index in [4.69, 9.17) is 5.11 Å². The third-order valence-corrected chi connectivity index (χ3v) is 2.64. The Hall–Kier alpha value is -1.88. The second kappa shape index (κ2) is 3.70. The Morgan fingerprint density at radius 1 is 1.33 bits per heavy atom. The van der Waals surface area contributed by atoms with E-state index in [9.17, 15) is 9.59 Å².